The van der Waals surface area contributed by atoms with Crippen molar-refractivity contribution in [2.75, 3.05) is 33.8 Å². The SMILES string of the molecule is COC1=C(OC)C(=O)C(Cc2ccc(-c3ccc(OC)cc3)c(C(=O)Nc3ccc(OC)cc3)c2)=C(C)C1=O. The van der Waals surface area contributed by atoms with E-state index in [1.54, 1.807) is 51.5 Å². The number of nitrogens with one attached hydrogen (secondary N) is 1. The Labute approximate surface area is 226 Å². The number of ether oxygens (including phenoxy) is 4. The lowest BCUT2D eigenvalue weighted by molar-refractivity contribution is -0.121. The van der Waals surface area contributed by atoms with Crippen molar-refractivity contribution in [3.63, 3.8) is 0 Å². The van der Waals surface area contributed by atoms with E-state index in [-0.39, 0.29) is 35.0 Å². The molecule has 0 unspecified atom stereocenters. The molecule has 39 heavy (non-hydrogen) atoms. The number of carbonyl (C=O) groups is 3. The molecule has 0 saturated carbocycles. The van der Waals surface area contributed by atoms with Crippen LogP contribution in [0.4, 0.5) is 5.69 Å². The summed E-state index contributed by atoms with van der Waals surface area (Å²) in [6.07, 6.45) is 0.131. The van der Waals surface area contributed by atoms with Crippen molar-refractivity contribution in [3.05, 3.63) is 101 Å². The van der Waals surface area contributed by atoms with Gasteiger partial charge in [0.1, 0.15) is 11.5 Å². The highest BCUT2D eigenvalue weighted by atomic mass is 16.5. The number of methoxy groups -OCH3 is 4. The van der Waals surface area contributed by atoms with Crippen LogP contribution in [0, 0.1) is 0 Å². The van der Waals surface area contributed by atoms with Gasteiger partial charge >= 0.3 is 0 Å². The Morgan fingerprint density at radius 2 is 1.28 bits per heavy atom. The molecule has 0 spiro atoms. The predicted octanol–water partition coefficient (Wildman–Crippen LogP) is 5.14. The largest absolute Gasteiger partial charge is 0.497 e. The summed E-state index contributed by atoms with van der Waals surface area (Å²) >= 11 is 0. The summed E-state index contributed by atoms with van der Waals surface area (Å²) in [6.45, 7) is 1.59. The molecular formula is C31H29NO7. The molecule has 200 valence electrons. The van der Waals surface area contributed by atoms with Gasteiger partial charge in [-0.05, 0) is 66.1 Å². The van der Waals surface area contributed by atoms with E-state index in [0.717, 1.165) is 5.56 Å². The van der Waals surface area contributed by atoms with Crippen molar-refractivity contribution in [2.45, 2.75) is 13.3 Å². The highest BCUT2D eigenvalue weighted by Gasteiger charge is 2.34. The smallest absolute Gasteiger partial charge is 0.256 e. The van der Waals surface area contributed by atoms with Crippen LogP contribution in [0.5, 0.6) is 11.5 Å². The molecule has 8 heteroatoms. The molecule has 1 N–H and O–H groups in total. The van der Waals surface area contributed by atoms with Crippen LogP contribution in [0.15, 0.2) is 89.4 Å². The molecule has 1 aliphatic carbocycles. The number of benzene rings is 3. The molecule has 0 heterocycles. The highest BCUT2D eigenvalue weighted by molar-refractivity contribution is 6.23. The van der Waals surface area contributed by atoms with Crippen LogP contribution in [-0.2, 0) is 25.5 Å². The van der Waals surface area contributed by atoms with Crippen molar-refractivity contribution in [1.29, 1.82) is 0 Å². The number of carbonyl (C=O) groups excluding carboxylic acids is 3. The average Bonchev–Trinajstić information content (AvgIpc) is 2.97. The Morgan fingerprint density at radius 1 is 0.718 bits per heavy atom. The maximum absolute atomic E-state index is 13.5. The zero-order chi connectivity index (χ0) is 28.1. The summed E-state index contributed by atoms with van der Waals surface area (Å²) in [6, 6.07) is 19.8. The van der Waals surface area contributed by atoms with E-state index < -0.39 is 11.6 Å². The molecule has 1 aliphatic rings. The number of Topliss-reactive ketones (excluding diaryl/α,β-unsaturated/α-hetero) is 2. The number of ketones is 2. The van der Waals surface area contributed by atoms with Crippen LogP contribution < -0.4 is 14.8 Å². The van der Waals surface area contributed by atoms with Gasteiger partial charge in [0.2, 0.25) is 23.1 Å². The number of anilines is 1. The first-order chi connectivity index (χ1) is 18.8. The quantitative estimate of drug-likeness (QED) is 0.385. The third kappa shape index (κ3) is 5.55. The van der Waals surface area contributed by atoms with Gasteiger partial charge < -0.3 is 24.3 Å². The number of allylic oxidation sites excluding steroid dienone is 2. The second-order valence-electron chi connectivity index (χ2n) is 8.80. The maximum Gasteiger partial charge on any atom is 0.256 e. The number of hydrogen-bond donors (Lipinski definition) is 1. The summed E-state index contributed by atoms with van der Waals surface area (Å²) in [5.74, 6) is -0.0335. The van der Waals surface area contributed by atoms with Crippen LogP contribution in [0.1, 0.15) is 22.8 Å². The lowest BCUT2D eigenvalue weighted by Gasteiger charge is -2.21. The zero-order valence-electron chi connectivity index (χ0n) is 22.4. The van der Waals surface area contributed by atoms with Crippen LogP contribution in [0.25, 0.3) is 11.1 Å². The first-order valence-corrected chi connectivity index (χ1v) is 12.1. The van der Waals surface area contributed by atoms with E-state index in [4.69, 9.17) is 18.9 Å². The molecule has 0 atom stereocenters. The molecule has 0 bridgehead atoms. The maximum atomic E-state index is 13.5. The minimum Gasteiger partial charge on any atom is -0.497 e. The second-order valence-corrected chi connectivity index (χ2v) is 8.80. The van der Waals surface area contributed by atoms with Crippen LogP contribution in [0.2, 0.25) is 0 Å². The fourth-order valence-electron chi connectivity index (χ4n) is 4.39. The number of amides is 1. The summed E-state index contributed by atoms with van der Waals surface area (Å²) in [5, 5.41) is 2.93. The van der Waals surface area contributed by atoms with Gasteiger partial charge in [-0.2, -0.15) is 0 Å². The van der Waals surface area contributed by atoms with Gasteiger partial charge in [0.25, 0.3) is 5.91 Å². The van der Waals surface area contributed by atoms with E-state index in [1.165, 1.54) is 14.2 Å². The Morgan fingerprint density at radius 3 is 1.85 bits per heavy atom. The molecule has 0 aliphatic heterocycles. The predicted molar refractivity (Wildman–Crippen MR) is 147 cm³/mol. The molecule has 3 aromatic carbocycles. The van der Waals surface area contributed by atoms with Crippen LogP contribution in [0.3, 0.4) is 0 Å². The van der Waals surface area contributed by atoms with Crippen molar-refractivity contribution in [2.24, 2.45) is 0 Å². The summed E-state index contributed by atoms with van der Waals surface area (Å²) in [5.41, 5.74) is 3.76. The van der Waals surface area contributed by atoms with Gasteiger partial charge in [0.05, 0.1) is 28.4 Å². The van der Waals surface area contributed by atoms with Gasteiger partial charge in [-0.1, -0.05) is 24.3 Å². The standard InChI is InChI=1S/C31H29NO7/c1-18-25(28(34)30(39-5)29(38-4)27(18)33)16-19-6-15-24(20-7-11-22(36-2)12-8-20)26(17-19)31(35)32-21-9-13-23(37-3)14-10-21/h6-15,17H,16H2,1-5H3,(H,32,35). The van der Waals surface area contributed by atoms with E-state index >= 15 is 0 Å². The fourth-order valence-corrected chi connectivity index (χ4v) is 4.39. The lowest BCUT2D eigenvalue weighted by Crippen LogP contribution is -2.26. The van der Waals surface area contributed by atoms with Gasteiger partial charge in [-0.25, -0.2) is 0 Å². The molecule has 8 nitrogen and oxygen atoms in total. The second kappa shape index (κ2) is 11.7. The molecule has 4 rings (SSSR count). The Hall–Kier alpha value is -4.85. The Kier molecular flexibility index (Phi) is 8.15. The van der Waals surface area contributed by atoms with Gasteiger partial charge in [-0.15, -0.1) is 0 Å². The lowest BCUT2D eigenvalue weighted by atomic mass is 9.87. The monoisotopic (exact) mass is 527 g/mol. The van der Waals surface area contributed by atoms with Crippen molar-refractivity contribution < 1.29 is 33.3 Å². The number of hydrogen-bond acceptors (Lipinski definition) is 7. The first-order valence-electron chi connectivity index (χ1n) is 12.1. The summed E-state index contributed by atoms with van der Waals surface area (Å²) in [4.78, 5) is 39.6. The molecule has 1 amide bonds. The van der Waals surface area contributed by atoms with Crippen LogP contribution in [-0.4, -0.2) is 45.9 Å². The molecule has 0 radical (unpaired) electrons. The third-order valence-corrected chi connectivity index (χ3v) is 6.55. The topological polar surface area (TPSA) is 100 Å². The number of rotatable bonds is 9. The minimum absolute atomic E-state index is 0.113. The third-order valence-electron chi connectivity index (χ3n) is 6.55. The van der Waals surface area contributed by atoms with Gasteiger partial charge in [0.15, 0.2) is 0 Å². The summed E-state index contributed by atoms with van der Waals surface area (Å²) in [7, 11) is 5.81. The van der Waals surface area contributed by atoms with Gasteiger partial charge in [-0.3, -0.25) is 14.4 Å². The molecular weight excluding hydrogens is 498 g/mol. The molecule has 0 saturated heterocycles. The van der Waals surface area contributed by atoms with E-state index in [0.29, 0.717) is 33.9 Å². The zero-order valence-corrected chi connectivity index (χ0v) is 22.4. The van der Waals surface area contributed by atoms with E-state index in [1.807, 2.05) is 36.4 Å². The van der Waals surface area contributed by atoms with E-state index in [2.05, 4.69) is 5.32 Å². The molecule has 3 aromatic rings. The summed E-state index contributed by atoms with van der Waals surface area (Å²) < 4.78 is 20.8. The molecule has 0 aromatic heterocycles. The van der Waals surface area contributed by atoms with E-state index in [9.17, 15) is 14.4 Å². The minimum atomic E-state index is -0.421. The normalized spacial score (nSPS) is 13.4. The van der Waals surface area contributed by atoms with Crippen molar-refractivity contribution >= 4 is 23.2 Å². The van der Waals surface area contributed by atoms with Crippen molar-refractivity contribution in [3.8, 4) is 22.6 Å². The van der Waals surface area contributed by atoms with Gasteiger partial charge in [0, 0.05) is 28.8 Å². The molecule has 0 fully saturated rings. The average molecular weight is 528 g/mol. The first kappa shape index (κ1) is 27.2. The Bertz CT molecular complexity index is 1480. The van der Waals surface area contributed by atoms with Crippen molar-refractivity contribution in [1.82, 2.24) is 0 Å². The highest BCUT2D eigenvalue weighted by Crippen LogP contribution is 2.31. The Balaban J connectivity index is 1.73. The van der Waals surface area contributed by atoms with Crippen LogP contribution >= 0.6 is 0 Å². The fraction of sp³-hybridized carbons (Fsp3) is 0.194.